The van der Waals surface area contributed by atoms with Crippen molar-refractivity contribution in [1.29, 1.82) is 0 Å². The first-order valence-corrected chi connectivity index (χ1v) is 7.69. The van der Waals surface area contributed by atoms with Crippen molar-refractivity contribution in [2.45, 2.75) is 46.1 Å². The molecule has 2 saturated carbocycles. The topological polar surface area (TPSA) is 40.7 Å². The van der Waals surface area contributed by atoms with Crippen molar-refractivity contribution >= 4 is 16.6 Å². The molecule has 3 unspecified atom stereocenters. The molecule has 0 aliphatic heterocycles. The van der Waals surface area contributed by atoms with Crippen LogP contribution in [0.1, 0.15) is 40.0 Å². The molecular formula is C17H23N3. The van der Waals surface area contributed by atoms with Gasteiger partial charge in [0.15, 0.2) is 0 Å². The summed E-state index contributed by atoms with van der Waals surface area (Å²) in [6.07, 6.45) is 6.03. The molecule has 2 aromatic rings. The van der Waals surface area contributed by atoms with E-state index in [0.717, 1.165) is 11.4 Å². The Morgan fingerprint density at radius 2 is 2.15 bits per heavy atom. The lowest BCUT2D eigenvalue weighted by molar-refractivity contribution is 0.155. The summed E-state index contributed by atoms with van der Waals surface area (Å²) >= 11 is 0. The molecule has 1 heterocycles. The zero-order valence-electron chi connectivity index (χ0n) is 12.5. The summed E-state index contributed by atoms with van der Waals surface area (Å²) in [5.41, 5.74) is 3.15. The van der Waals surface area contributed by atoms with Crippen LogP contribution in [0.5, 0.6) is 0 Å². The Bertz CT molecular complexity index is 652. The van der Waals surface area contributed by atoms with Crippen LogP contribution < -0.4 is 5.32 Å². The summed E-state index contributed by atoms with van der Waals surface area (Å²) in [5, 5.41) is 12.3. The van der Waals surface area contributed by atoms with Gasteiger partial charge in [-0.15, -0.1) is 0 Å². The van der Waals surface area contributed by atoms with E-state index < -0.39 is 0 Å². The van der Waals surface area contributed by atoms with Gasteiger partial charge in [-0.2, -0.15) is 5.10 Å². The summed E-state index contributed by atoms with van der Waals surface area (Å²) in [4.78, 5) is 0. The molecule has 2 fully saturated rings. The fourth-order valence-corrected chi connectivity index (χ4v) is 4.91. The number of aromatic nitrogens is 2. The van der Waals surface area contributed by atoms with E-state index in [1.165, 1.54) is 30.3 Å². The molecule has 1 aromatic heterocycles. The number of rotatable bonds is 2. The van der Waals surface area contributed by atoms with Gasteiger partial charge >= 0.3 is 0 Å². The highest BCUT2D eigenvalue weighted by atomic mass is 15.1. The minimum atomic E-state index is 0.370. The van der Waals surface area contributed by atoms with Crippen LogP contribution >= 0.6 is 0 Å². The maximum atomic E-state index is 4.17. The van der Waals surface area contributed by atoms with E-state index >= 15 is 0 Å². The van der Waals surface area contributed by atoms with Gasteiger partial charge in [0.05, 0.1) is 17.4 Å². The smallest absolute Gasteiger partial charge is 0.0881 e. The van der Waals surface area contributed by atoms with Gasteiger partial charge in [-0.05, 0) is 42.1 Å². The summed E-state index contributed by atoms with van der Waals surface area (Å²) in [7, 11) is 0. The van der Waals surface area contributed by atoms with Crippen LogP contribution in [0.15, 0.2) is 24.4 Å². The number of hydrogen-bond donors (Lipinski definition) is 2. The summed E-state index contributed by atoms with van der Waals surface area (Å²) in [5.74, 6) is 0.867. The molecular weight excluding hydrogens is 246 g/mol. The van der Waals surface area contributed by atoms with E-state index in [4.69, 9.17) is 0 Å². The molecule has 0 radical (unpaired) electrons. The quantitative estimate of drug-likeness (QED) is 0.858. The first-order chi connectivity index (χ1) is 9.51. The Balaban J connectivity index is 1.74. The molecule has 106 valence electrons. The second kappa shape index (κ2) is 3.78. The fraction of sp³-hybridized carbons (Fsp3) is 0.588. The third kappa shape index (κ3) is 1.49. The molecule has 3 nitrogen and oxygen atoms in total. The van der Waals surface area contributed by atoms with Crippen LogP contribution in [0.25, 0.3) is 10.9 Å². The van der Waals surface area contributed by atoms with E-state index in [1.54, 1.807) is 0 Å². The normalized spacial score (nSPS) is 34.8. The van der Waals surface area contributed by atoms with Crippen molar-refractivity contribution in [3.8, 4) is 0 Å². The summed E-state index contributed by atoms with van der Waals surface area (Å²) in [6.45, 7) is 7.34. The molecule has 0 saturated heterocycles. The van der Waals surface area contributed by atoms with E-state index in [0.29, 0.717) is 16.9 Å². The van der Waals surface area contributed by atoms with Gasteiger partial charge in [0.1, 0.15) is 0 Å². The number of anilines is 1. The summed E-state index contributed by atoms with van der Waals surface area (Å²) < 4.78 is 0. The van der Waals surface area contributed by atoms with Crippen LogP contribution in [0.4, 0.5) is 5.69 Å². The van der Waals surface area contributed by atoms with Gasteiger partial charge < -0.3 is 5.32 Å². The molecule has 2 aliphatic rings. The Kier molecular flexibility index (Phi) is 2.31. The molecule has 0 spiro atoms. The fourth-order valence-electron chi connectivity index (χ4n) is 4.91. The first kappa shape index (κ1) is 12.2. The molecule has 2 aliphatic carbocycles. The average molecular weight is 269 g/mol. The van der Waals surface area contributed by atoms with Gasteiger partial charge in [-0.3, -0.25) is 5.10 Å². The van der Waals surface area contributed by atoms with Crippen molar-refractivity contribution in [1.82, 2.24) is 10.2 Å². The van der Waals surface area contributed by atoms with Crippen molar-refractivity contribution in [3.05, 3.63) is 24.4 Å². The van der Waals surface area contributed by atoms with Crippen molar-refractivity contribution in [2.75, 3.05) is 5.32 Å². The molecule has 2 N–H and O–H groups in total. The van der Waals surface area contributed by atoms with Crippen LogP contribution in [-0.4, -0.2) is 16.2 Å². The lowest BCUT2D eigenvalue weighted by atomic mass is 9.68. The Labute approximate surface area is 120 Å². The molecule has 3 heteroatoms. The molecule has 1 aromatic carbocycles. The maximum absolute atomic E-state index is 4.17. The number of H-pyrrole nitrogens is 1. The monoisotopic (exact) mass is 269 g/mol. The van der Waals surface area contributed by atoms with Gasteiger partial charge in [-0.1, -0.05) is 32.9 Å². The third-order valence-electron chi connectivity index (χ3n) is 6.05. The Morgan fingerprint density at radius 3 is 2.90 bits per heavy atom. The lowest BCUT2D eigenvalue weighted by Crippen LogP contribution is -2.45. The number of benzene rings is 1. The number of para-hydroxylation sites is 1. The molecule has 2 bridgehead atoms. The van der Waals surface area contributed by atoms with Crippen LogP contribution in [0, 0.1) is 16.7 Å². The van der Waals surface area contributed by atoms with Crippen molar-refractivity contribution in [2.24, 2.45) is 16.7 Å². The molecule has 0 amide bonds. The molecule has 20 heavy (non-hydrogen) atoms. The largest absolute Gasteiger partial charge is 0.379 e. The van der Waals surface area contributed by atoms with Crippen LogP contribution in [0.2, 0.25) is 0 Å². The standard InChI is InChI=1S/C17H23N3/c1-16(2)12-7-8-17(3,9-12)15(16)19-13-6-4-5-11-10-18-20-14(11)13/h4-6,10,12,15,19H,7-9H2,1-3H3,(H,18,20). The number of nitrogens with one attached hydrogen (secondary N) is 2. The van der Waals surface area contributed by atoms with E-state index in [9.17, 15) is 0 Å². The van der Waals surface area contributed by atoms with Gasteiger partial charge in [0.2, 0.25) is 0 Å². The van der Waals surface area contributed by atoms with Crippen molar-refractivity contribution in [3.63, 3.8) is 0 Å². The zero-order valence-corrected chi connectivity index (χ0v) is 12.5. The lowest BCUT2D eigenvalue weighted by Gasteiger charge is -2.43. The summed E-state index contributed by atoms with van der Waals surface area (Å²) in [6, 6.07) is 6.94. The SMILES string of the molecule is CC12CCC(C1)C(C)(C)C2Nc1cccc2cn[nH]c12. The molecule has 3 atom stereocenters. The van der Waals surface area contributed by atoms with Gasteiger partial charge in [0, 0.05) is 11.4 Å². The third-order valence-corrected chi connectivity index (χ3v) is 6.05. The van der Waals surface area contributed by atoms with Crippen molar-refractivity contribution < 1.29 is 0 Å². The Hall–Kier alpha value is -1.51. The number of nitrogens with zero attached hydrogens (tertiary/aromatic N) is 1. The number of aromatic amines is 1. The van der Waals surface area contributed by atoms with Crippen LogP contribution in [-0.2, 0) is 0 Å². The molecule has 4 rings (SSSR count). The highest BCUT2D eigenvalue weighted by Crippen LogP contribution is 2.63. The Morgan fingerprint density at radius 1 is 1.30 bits per heavy atom. The first-order valence-electron chi connectivity index (χ1n) is 7.69. The van der Waals surface area contributed by atoms with E-state index in [1.807, 2.05) is 6.20 Å². The van der Waals surface area contributed by atoms with Gasteiger partial charge in [-0.25, -0.2) is 0 Å². The van der Waals surface area contributed by atoms with Gasteiger partial charge in [0.25, 0.3) is 0 Å². The maximum Gasteiger partial charge on any atom is 0.0881 e. The zero-order chi connectivity index (χ0) is 14.0. The number of hydrogen-bond acceptors (Lipinski definition) is 2. The minimum absolute atomic E-state index is 0.370. The highest BCUT2D eigenvalue weighted by molar-refractivity contribution is 5.90. The highest BCUT2D eigenvalue weighted by Gasteiger charge is 2.59. The van der Waals surface area contributed by atoms with E-state index in [2.05, 4.69) is 54.5 Å². The number of fused-ring (bicyclic) bond motifs is 3. The average Bonchev–Trinajstić information content (AvgIpc) is 3.05. The predicted octanol–water partition coefficient (Wildman–Crippen LogP) is 4.19. The second-order valence-corrected chi connectivity index (χ2v) is 7.63. The second-order valence-electron chi connectivity index (χ2n) is 7.63. The predicted molar refractivity (Wildman–Crippen MR) is 82.7 cm³/mol. The van der Waals surface area contributed by atoms with Crippen LogP contribution in [0.3, 0.4) is 0 Å². The minimum Gasteiger partial charge on any atom is -0.379 e. The van der Waals surface area contributed by atoms with E-state index in [-0.39, 0.29) is 0 Å².